The quantitative estimate of drug-likeness (QED) is 0.634. The summed E-state index contributed by atoms with van der Waals surface area (Å²) in [4.78, 5) is 5.51. The second-order valence-electron chi connectivity index (χ2n) is 3.76. The van der Waals surface area contributed by atoms with Crippen molar-refractivity contribution in [3.63, 3.8) is 0 Å². The Bertz CT molecular complexity index is 700. The van der Waals surface area contributed by atoms with E-state index in [9.17, 15) is 0 Å². The molecule has 3 rings (SSSR count). The first-order chi connectivity index (χ1) is 8.16. The minimum atomic E-state index is 0.553. The summed E-state index contributed by atoms with van der Waals surface area (Å²) in [6.45, 7) is 2.05. The molecule has 2 aromatic heterocycles. The van der Waals surface area contributed by atoms with Crippen molar-refractivity contribution in [1.29, 1.82) is 0 Å². The average Bonchev–Trinajstić information content (AvgIpc) is 2.85. The zero-order chi connectivity index (χ0) is 12.0. The summed E-state index contributed by atoms with van der Waals surface area (Å²) in [5.41, 5.74) is 2.89. The van der Waals surface area contributed by atoms with E-state index in [1.54, 1.807) is 17.4 Å². The van der Waals surface area contributed by atoms with Gasteiger partial charge in [-0.3, -0.25) is 4.40 Å². The Morgan fingerprint density at radius 2 is 2.12 bits per heavy atom. The van der Waals surface area contributed by atoms with Crippen molar-refractivity contribution in [2.75, 3.05) is 0 Å². The van der Waals surface area contributed by atoms with Gasteiger partial charge in [-0.2, -0.15) is 0 Å². The highest BCUT2D eigenvalue weighted by molar-refractivity contribution is 7.15. The molecule has 0 atom stereocenters. The third kappa shape index (κ3) is 1.75. The summed E-state index contributed by atoms with van der Waals surface area (Å²) in [6, 6.07) is 5.58. The molecule has 1 aromatic carbocycles. The van der Waals surface area contributed by atoms with Crippen molar-refractivity contribution in [2.45, 2.75) is 6.92 Å². The van der Waals surface area contributed by atoms with E-state index in [-0.39, 0.29) is 0 Å². The molecule has 0 radical (unpaired) electrons. The molecule has 2 heterocycles. The average molecular weight is 283 g/mol. The van der Waals surface area contributed by atoms with E-state index in [1.807, 2.05) is 18.3 Å². The lowest BCUT2D eigenvalue weighted by Crippen LogP contribution is -1.81. The first-order valence-electron chi connectivity index (χ1n) is 5.04. The van der Waals surface area contributed by atoms with E-state index in [4.69, 9.17) is 23.2 Å². The highest BCUT2D eigenvalue weighted by Gasteiger charge is 2.11. The van der Waals surface area contributed by atoms with Crippen molar-refractivity contribution >= 4 is 39.5 Å². The summed E-state index contributed by atoms with van der Waals surface area (Å²) in [6.07, 6.45) is 1.98. The first kappa shape index (κ1) is 11.1. The second-order valence-corrected chi connectivity index (χ2v) is 5.38. The molecule has 2 nitrogen and oxygen atoms in total. The first-order valence-corrected chi connectivity index (χ1v) is 6.68. The fourth-order valence-electron chi connectivity index (χ4n) is 1.73. The van der Waals surface area contributed by atoms with Crippen LogP contribution in [0.3, 0.4) is 0 Å². The van der Waals surface area contributed by atoms with Gasteiger partial charge >= 0.3 is 0 Å². The van der Waals surface area contributed by atoms with Crippen LogP contribution in [0.1, 0.15) is 5.69 Å². The largest absolute Gasteiger partial charge is 0.294 e. The fourth-order valence-corrected chi connectivity index (χ4v) is 2.97. The lowest BCUT2D eigenvalue weighted by molar-refractivity contribution is 1.13. The van der Waals surface area contributed by atoms with Gasteiger partial charge in [-0.05, 0) is 13.0 Å². The Morgan fingerprint density at radius 3 is 2.88 bits per heavy atom. The van der Waals surface area contributed by atoms with Crippen LogP contribution in [0.2, 0.25) is 10.0 Å². The lowest BCUT2D eigenvalue weighted by Gasteiger charge is -2.01. The minimum Gasteiger partial charge on any atom is -0.294 e. The van der Waals surface area contributed by atoms with Crippen molar-refractivity contribution in [2.24, 2.45) is 0 Å². The van der Waals surface area contributed by atoms with Gasteiger partial charge in [-0.1, -0.05) is 35.3 Å². The van der Waals surface area contributed by atoms with Gasteiger partial charge in [-0.25, -0.2) is 4.98 Å². The molecule has 0 aliphatic rings. The summed E-state index contributed by atoms with van der Waals surface area (Å²) in [5, 5.41) is 3.18. The van der Waals surface area contributed by atoms with Gasteiger partial charge in [0.2, 0.25) is 0 Å². The molecule has 0 bridgehead atoms. The molecule has 0 saturated heterocycles. The van der Waals surface area contributed by atoms with Crippen molar-refractivity contribution in [3.05, 3.63) is 45.5 Å². The predicted molar refractivity (Wildman–Crippen MR) is 73.3 cm³/mol. The van der Waals surface area contributed by atoms with Crippen LogP contribution in [0.15, 0.2) is 29.8 Å². The molecular weight excluding hydrogens is 275 g/mol. The number of nitrogens with zero attached hydrogens (tertiary/aromatic N) is 2. The van der Waals surface area contributed by atoms with Crippen LogP contribution in [-0.4, -0.2) is 9.38 Å². The van der Waals surface area contributed by atoms with Gasteiger partial charge in [-0.15, -0.1) is 11.3 Å². The van der Waals surface area contributed by atoms with Crippen molar-refractivity contribution in [1.82, 2.24) is 9.38 Å². The number of halogens is 2. The third-order valence-corrected chi connectivity index (χ3v) is 4.39. The number of imidazole rings is 1. The van der Waals surface area contributed by atoms with Crippen LogP contribution < -0.4 is 0 Å². The van der Waals surface area contributed by atoms with Crippen LogP contribution >= 0.6 is 34.5 Å². The highest BCUT2D eigenvalue weighted by atomic mass is 35.5. The zero-order valence-corrected chi connectivity index (χ0v) is 11.3. The molecule has 0 spiro atoms. The number of thiazole rings is 1. The Kier molecular flexibility index (Phi) is 2.62. The molecule has 0 amide bonds. The van der Waals surface area contributed by atoms with E-state index in [0.717, 1.165) is 16.2 Å². The van der Waals surface area contributed by atoms with Crippen LogP contribution in [0, 0.1) is 6.92 Å². The second kappa shape index (κ2) is 4.02. The molecule has 0 N–H and O–H groups in total. The molecule has 0 aliphatic carbocycles. The lowest BCUT2D eigenvalue weighted by atomic mass is 10.2. The maximum Gasteiger partial charge on any atom is 0.194 e. The molecule has 0 saturated carbocycles. The molecule has 5 heteroatoms. The Labute approximate surface area is 112 Å². The van der Waals surface area contributed by atoms with Gasteiger partial charge in [0, 0.05) is 22.8 Å². The monoisotopic (exact) mass is 282 g/mol. The number of rotatable bonds is 1. The van der Waals surface area contributed by atoms with Crippen LogP contribution in [0.25, 0.3) is 16.2 Å². The standard InChI is InChI=1S/C12H8Cl2N2S/c1-7-6-17-12-15-10(5-16(7)12)8-3-2-4-9(13)11(8)14/h2-6H,1H3. The minimum absolute atomic E-state index is 0.553. The maximum atomic E-state index is 6.18. The number of fused-ring (bicyclic) bond motifs is 1. The Morgan fingerprint density at radius 1 is 1.29 bits per heavy atom. The van der Waals surface area contributed by atoms with E-state index >= 15 is 0 Å². The SMILES string of the molecule is Cc1csc2nc(-c3cccc(Cl)c3Cl)cn12. The van der Waals surface area contributed by atoms with Crippen LogP contribution in [-0.2, 0) is 0 Å². The summed E-state index contributed by atoms with van der Waals surface area (Å²) < 4.78 is 2.05. The van der Waals surface area contributed by atoms with E-state index < -0.39 is 0 Å². The molecule has 0 unspecified atom stereocenters. The highest BCUT2D eigenvalue weighted by Crippen LogP contribution is 2.33. The molecule has 3 aromatic rings. The number of aromatic nitrogens is 2. The summed E-state index contributed by atoms with van der Waals surface area (Å²) in [5.74, 6) is 0. The van der Waals surface area contributed by atoms with E-state index in [0.29, 0.717) is 10.0 Å². The van der Waals surface area contributed by atoms with Gasteiger partial charge in [0.05, 0.1) is 15.7 Å². The maximum absolute atomic E-state index is 6.18. The normalized spacial score (nSPS) is 11.2. The third-order valence-electron chi connectivity index (χ3n) is 2.62. The molecule has 17 heavy (non-hydrogen) atoms. The number of hydrogen-bond acceptors (Lipinski definition) is 2. The summed E-state index contributed by atoms with van der Waals surface area (Å²) in [7, 11) is 0. The molecule has 0 fully saturated rings. The topological polar surface area (TPSA) is 17.3 Å². The fraction of sp³-hybridized carbons (Fsp3) is 0.0833. The molecule has 86 valence electrons. The Balaban J connectivity index is 2.23. The van der Waals surface area contributed by atoms with Crippen LogP contribution in [0.4, 0.5) is 0 Å². The predicted octanol–water partition coefficient (Wildman–Crippen LogP) is 4.68. The number of benzene rings is 1. The van der Waals surface area contributed by atoms with Crippen molar-refractivity contribution < 1.29 is 0 Å². The summed E-state index contributed by atoms with van der Waals surface area (Å²) >= 11 is 13.8. The van der Waals surface area contributed by atoms with Gasteiger partial charge in [0.15, 0.2) is 4.96 Å². The van der Waals surface area contributed by atoms with E-state index in [1.165, 1.54) is 5.69 Å². The molecule has 0 aliphatic heterocycles. The van der Waals surface area contributed by atoms with E-state index in [2.05, 4.69) is 21.7 Å². The van der Waals surface area contributed by atoms with Gasteiger partial charge < -0.3 is 0 Å². The Hall–Kier alpha value is -1.03. The number of hydrogen-bond donors (Lipinski definition) is 0. The molecular formula is C12H8Cl2N2S. The van der Waals surface area contributed by atoms with Crippen molar-refractivity contribution in [3.8, 4) is 11.3 Å². The van der Waals surface area contributed by atoms with Crippen LogP contribution in [0.5, 0.6) is 0 Å². The van der Waals surface area contributed by atoms with Gasteiger partial charge in [0.25, 0.3) is 0 Å². The van der Waals surface area contributed by atoms with Gasteiger partial charge in [0.1, 0.15) is 0 Å². The smallest absolute Gasteiger partial charge is 0.194 e. The number of aryl methyl sites for hydroxylation is 1. The zero-order valence-electron chi connectivity index (χ0n) is 8.95.